The van der Waals surface area contributed by atoms with Crippen molar-refractivity contribution in [2.24, 2.45) is 5.10 Å². The van der Waals surface area contributed by atoms with Crippen molar-refractivity contribution < 1.29 is 4.79 Å². The molecule has 4 aromatic rings. The summed E-state index contributed by atoms with van der Waals surface area (Å²) in [6.07, 6.45) is 0. The van der Waals surface area contributed by atoms with E-state index in [1.54, 1.807) is 0 Å². The molecule has 150 valence electrons. The van der Waals surface area contributed by atoms with E-state index in [1.165, 1.54) is 27.9 Å². The number of nitrogens with one attached hydrogen (secondary N) is 1. The zero-order chi connectivity index (χ0) is 21.2. The van der Waals surface area contributed by atoms with Gasteiger partial charge in [-0.1, -0.05) is 17.7 Å². The largest absolute Gasteiger partial charge is 0.292 e. The van der Waals surface area contributed by atoms with Crippen LogP contribution in [0.1, 0.15) is 23.7 Å². The fraction of sp³-hybridized carbons (Fsp3) is 0.190. The van der Waals surface area contributed by atoms with Gasteiger partial charge in [-0.2, -0.15) is 9.69 Å². The third-order valence-electron chi connectivity index (χ3n) is 4.99. The highest BCUT2D eigenvalue weighted by molar-refractivity contribution is 7.25. The molecule has 0 saturated carbocycles. The van der Waals surface area contributed by atoms with Crippen molar-refractivity contribution in [2.45, 2.75) is 27.7 Å². The lowest BCUT2D eigenvalue weighted by molar-refractivity contribution is -0.111. The number of hydrogen-bond donors (Lipinski definition) is 1. The number of aromatic nitrogens is 3. The van der Waals surface area contributed by atoms with E-state index in [-0.39, 0.29) is 17.2 Å². The van der Waals surface area contributed by atoms with Crippen LogP contribution in [0.5, 0.6) is 0 Å². The lowest BCUT2D eigenvalue weighted by Gasteiger charge is -2.27. The van der Waals surface area contributed by atoms with Gasteiger partial charge in [0.1, 0.15) is 15.0 Å². The number of Topliss-reactive ketones (excluding diaryl/α,β-unsaturated/α-hetero) is 1. The highest BCUT2D eigenvalue weighted by Crippen LogP contribution is 2.35. The minimum Gasteiger partial charge on any atom is -0.291 e. The molecule has 0 bridgehead atoms. The molecule has 0 amide bonds. The number of fused-ring (bicyclic) bond motifs is 4. The van der Waals surface area contributed by atoms with Gasteiger partial charge in [0.15, 0.2) is 5.78 Å². The van der Waals surface area contributed by atoms with Crippen LogP contribution in [-0.2, 0) is 4.79 Å². The Kier molecular flexibility index (Phi) is 3.97. The van der Waals surface area contributed by atoms with Gasteiger partial charge in [-0.3, -0.25) is 15.0 Å². The van der Waals surface area contributed by atoms with Crippen molar-refractivity contribution >= 4 is 55.0 Å². The number of hydrogen-bond acceptors (Lipinski definition) is 8. The SMILES string of the molecule is CC(=O)C1=NN(c2ccc(C)cc2)c2nc3c(sc4nc(C)cc(C)c43)c(=O)n2N1. The van der Waals surface area contributed by atoms with Gasteiger partial charge in [0.2, 0.25) is 5.84 Å². The van der Waals surface area contributed by atoms with E-state index in [9.17, 15) is 9.59 Å². The number of benzene rings is 1. The van der Waals surface area contributed by atoms with Gasteiger partial charge in [0, 0.05) is 18.0 Å². The van der Waals surface area contributed by atoms with Crippen molar-refractivity contribution in [3.63, 3.8) is 0 Å². The second-order valence-corrected chi connectivity index (χ2v) is 8.36. The number of carbonyl (C=O) groups excluding carboxylic acids is 1. The number of aryl methyl sites for hydroxylation is 3. The van der Waals surface area contributed by atoms with E-state index < -0.39 is 0 Å². The fourth-order valence-electron chi connectivity index (χ4n) is 3.54. The molecule has 30 heavy (non-hydrogen) atoms. The summed E-state index contributed by atoms with van der Waals surface area (Å²) in [5.74, 6) is 0.0767. The van der Waals surface area contributed by atoms with Gasteiger partial charge in [-0.05, 0) is 44.5 Å². The smallest absolute Gasteiger partial charge is 0.291 e. The molecule has 1 aliphatic rings. The van der Waals surface area contributed by atoms with Crippen LogP contribution in [0.3, 0.4) is 0 Å². The Morgan fingerprint density at radius 1 is 1.10 bits per heavy atom. The van der Waals surface area contributed by atoms with Gasteiger partial charge in [-0.15, -0.1) is 16.4 Å². The molecule has 0 saturated heterocycles. The number of hydrazone groups is 1. The second-order valence-electron chi connectivity index (χ2n) is 7.36. The minimum absolute atomic E-state index is 0.0672. The van der Waals surface area contributed by atoms with E-state index >= 15 is 0 Å². The summed E-state index contributed by atoms with van der Waals surface area (Å²) in [5.41, 5.74) is 6.82. The van der Waals surface area contributed by atoms with Crippen molar-refractivity contribution in [2.75, 3.05) is 10.4 Å². The van der Waals surface area contributed by atoms with Crippen LogP contribution in [0, 0.1) is 20.8 Å². The van der Waals surface area contributed by atoms with Gasteiger partial charge in [0.05, 0.1) is 5.69 Å². The van der Waals surface area contributed by atoms with E-state index in [4.69, 9.17) is 4.98 Å². The number of anilines is 2. The maximum Gasteiger partial charge on any atom is 0.292 e. The molecule has 0 radical (unpaired) electrons. The Balaban J connectivity index is 1.85. The number of amidine groups is 1. The molecule has 0 atom stereocenters. The molecule has 4 heterocycles. The van der Waals surface area contributed by atoms with E-state index in [1.807, 2.05) is 51.1 Å². The van der Waals surface area contributed by atoms with Crippen molar-refractivity contribution in [3.8, 4) is 0 Å². The highest BCUT2D eigenvalue weighted by atomic mass is 32.1. The topological polar surface area (TPSA) is 92.5 Å². The first-order valence-corrected chi connectivity index (χ1v) is 10.2. The zero-order valence-corrected chi connectivity index (χ0v) is 17.7. The van der Waals surface area contributed by atoms with Crippen molar-refractivity contribution in [1.82, 2.24) is 14.6 Å². The van der Waals surface area contributed by atoms with E-state index in [0.717, 1.165) is 27.0 Å². The fourth-order valence-corrected chi connectivity index (χ4v) is 4.71. The zero-order valence-electron chi connectivity index (χ0n) is 16.8. The molecule has 1 aliphatic heterocycles. The lowest BCUT2D eigenvalue weighted by Crippen LogP contribution is -2.44. The Hall–Kier alpha value is -3.59. The molecule has 0 aliphatic carbocycles. The molecule has 0 fully saturated rings. The van der Waals surface area contributed by atoms with Crippen molar-refractivity contribution in [1.29, 1.82) is 0 Å². The number of rotatable bonds is 2. The van der Waals surface area contributed by atoms with Crippen LogP contribution in [0.4, 0.5) is 11.6 Å². The van der Waals surface area contributed by atoms with Gasteiger partial charge < -0.3 is 0 Å². The first-order chi connectivity index (χ1) is 14.3. The number of pyridine rings is 1. The second kappa shape index (κ2) is 6.46. The average molecular weight is 418 g/mol. The highest BCUT2D eigenvalue weighted by Gasteiger charge is 2.28. The van der Waals surface area contributed by atoms with Gasteiger partial charge in [-0.25, -0.2) is 9.97 Å². The molecule has 3 aromatic heterocycles. The monoisotopic (exact) mass is 418 g/mol. The summed E-state index contributed by atoms with van der Waals surface area (Å²) in [4.78, 5) is 35.6. The minimum atomic E-state index is -0.291. The molecular weight excluding hydrogens is 400 g/mol. The van der Waals surface area contributed by atoms with Crippen LogP contribution >= 0.6 is 11.3 Å². The van der Waals surface area contributed by atoms with Gasteiger partial charge in [0.25, 0.3) is 11.5 Å². The molecule has 1 N–H and O–H groups in total. The number of carbonyl (C=O) groups is 1. The summed E-state index contributed by atoms with van der Waals surface area (Å²) in [7, 11) is 0. The summed E-state index contributed by atoms with van der Waals surface area (Å²) >= 11 is 1.31. The lowest BCUT2D eigenvalue weighted by atomic mass is 10.1. The standard InChI is InChI=1S/C21H18N6O2S/c1-10-5-7-14(8-6-10)26-21-23-16-15-11(2)9-12(3)22-19(15)30-17(16)20(29)27(21)25-18(24-26)13(4)28/h5-9H,1-4H3,(H,24,25). The Labute approximate surface area is 175 Å². The first kappa shape index (κ1) is 18.4. The predicted molar refractivity (Wildman–Crippen MR) is 119 cm³/mol. The van der Waals surface area contributed by atoms with Crippen LogP contribution in [0.2, 0.25) is 0 Å². The van der Waals surface area contributed by atoms with E-state index in [2.05, 4.69) is 15.5 Å². The molecule has 8 nitrogen and oxygen atoms in total. The molecule has 5 rings (SSSR count). The van der Waals surface area contributed by atoms with Crippen LogP contribution < -0.4 is 16.0 Å². The molecule has 0 unspecified atom stereocenters. The van der Waals surface area contributed by atoms with Gasteiger partial charge >= 0.3 is 0 Å². The third-order valence-corrected chi connectivity index (χ3v) is 6.05. The summed E-state index contributed by atoms with van der Waals surface area (Å²) < 4.78 is 1.76. The third kappa shape index (κ3) is 2.70. The predicted octanol–water partition coefficient (Wildman–Crippen LogP) is 3.53. The number of ketones is 1. The van der Waals surface area contributed by atoms with Crippen LogP contribution in [0.25, 0.3) is 20.4 Å². The van der Waals surface area contributed by atoms with E-state index in [0.29, 0.717) is 21.9 Å². The van der Waals surface area contributed by atoms with Crippen LogP contribution in [-0.4, -0.2) is 26.3 Å². The maximum atomic E-state index is 13.4. The quantitative estimate of drug-likeness (QED) is 0.535. The Bertz CT molecular complexity index is 1450. The Morgan fingerprint density at radius 2 is 1.83 bits per heavy atom. The molecule has 1 aromatic carbocycles. The van der Waals surface area contributed by atoms with Crippen molar-refractivity contribution in [3.05, 3.63) is 57.5 Å². The normalized spacial score (nSPS) is 13.3. The summed E-state index contributed by atoms with van der Waals surface area (Å²) in [6.45, 7) is 7.30. The first-order valence-electron chi connectivity index (χ1n) is 9.40. The summed E-state index contributed by atoms with van der Waals surface area (Å²) in [6, 6.07) is 9.63. The maximum absolute atomic E-state index is 13.4. The summed E-state index contributed by atoms with van der Waals surface area (Å²) in [5, 5.41) is 6.82. The number of nitrogens with zero attached hydrogens (tertiary/aromatic N) is 5. The molecule has 9 heteroatoms. The molecular formula is C21H18N6O2S. The van der Waals surface area contributed by atoms with Crippen LogP contribution in [0.15, 0.2) is 40.2 Å². The average Bonchev–Trinajstić information content (AvgIpc) is 3.07. The number of thiophene rings is 1. The Morgan fingerprint density at radius 3 is 2.53 bits per heavy atom. The molecule has 0 spiro atoms.